The van der Waals surface area contributed by atoms with Crippen molar-refractivity contribution in [3.63, 3.8) is 0 Å². The van der Waals surface area contributed by atoms with Gasteiger partial charge in [0, 0.05) is 19.0 Å². The van der Waals surface area contributed by atoms with E-state index < -0.39 is 7.12 Å². The second-order valence-corrected chi connectivity index (χ2v) is 4.38. The fraction of sp³-hybridized carbons (Fsp3) is 0.667. The van der Waals surface area contributed by atoms with E-state index in [1.54, 1.807) is 6.08 Å². The molecule has 102 valence electrons. The monoisotopic (exact) mass is 254 g/mol. The molecule has 0 spiro atoms. The highest BCUT2D eigenvalue weighted by Gasteiger charge is 2.42. The van der Waals surface area contributed by atoms with Gasteiger partial charge in [-0.05, 0) is 19.4 Å². The number of hydrogen-bond acceptors (Lipinski definition) is 5. The summed E-state index contributed by atoms with van der Waals surface area (Å²) in [5, 5.41) is 9.87. The van der Waals surface area contributed by atoms with Crippen LogP contribution in [-0.4, -0.2) is 44.0 Å². The van der Waals surface area contributed by atoms with Crippen molar-refractivity contribution >= 4 is 7.12 Å². The van der Waals surface area contributed by atoms with Gasteiger partial charge in [0.05, 0.1) is 12.2 Å². The molecule has 1 aliphatic heterocycles. The Balaban J connectivity index is 2.57. The van der Waals surface area contributed by atoms with Crippen LogP contribution in [0.3, 0.4) is 0 Å². The Labute approximate surface area is 109 Å². The first-order chi connectivity index (χ1) is 8.72. The first-order valence-corrected chi connectivity index (χ1v) is 6.37. The molecule has 6 heteroatoms. The van der Waals surface area contributed by atoms with Gasteiger partial charge in [-0.1, -0.05) is 24.8 Å². The summed E-state index contributed by atoms with van der Waals surface area (Å²) < 4.78 is 11.1. The Morgan fingerprint density at radius 2 is 2.33 bits per heavy atom. The lowest BCUT2D eigenvalue weighted by Crippen LogP contribution is -2.28. The molecule has 18 heavy (non-hydrogen) atoms. The molecule has 1 fully saturated rings. The third-order valence-corrected chi connectivity index (χ3v) is 3.01. The van der Waals surface area contributed by atoms with E-state index in [-0.39, 0.29) is 18.0 Å². The lowest BCUT2D eigenvalue weighted by atomic mass is 9.69. The van der Waals surface area contributed by atoms with Crippen LogP contribution in [0.15, 0.2) is 24.8 Å². The molecule has 0 amide bonds. The van der Waals surface area contributed by atoms with Gasteiger partial charge >= 0.3 is 7.12 Å². The second kappa shape index (κ2) is 8.45. The highest BCUT2D eigenvalue weighted by atomic mass is 16.5. The molecule has 0 aliphatic carbocycles. The van der Waals surface area contributed by atoms with Gasteiger partial charge in [0.2, 0.25) is 0 Å². The first-order valence-electron chi connectivity index (χ1n) is 6.37. The van der Waals surface area contributed by atoms with Crippen LogP contribution in [0.4, 0.5) is 0 Å². The quantitative estimate of drug-likeness (QED) is 0.324. The summed E-state index contributed by atoms with van der Waals surface area (Å²) in [5.74, 6) is -0.0903. The van der Waals surface area contributed by atoms with Crippen LogP contribution in [0.1, 0.15) is 12.8 Å². The molecule has 3 atom stereocenters. The van der Waals surface area contributed by atoms with Gasteiger partial charge < -0.3 is 25.9 Å². The molecular formula is C12H23BN2O3. The summed E-state index contributed by atoms with van der Waals surface area (Å²) in [5.41, 5.74) is 11.0. The number of rotatable bonds is 8. The van der Waals surface area contributed by atoms with Gasteiger partial charge in [0.25, 0.3) is 0 Å². The van der Waals surface area contributed by atoms with Gasteiger partial charge in [-0.15, -0.1) is 0 Å². The topological polar surface area (TPSA) is 90.7 Å². The van der Waals surface area contributed by atoms with E-state index in [1.165, 1.54) is 0 Å². The third kappa shape index (κ3) is 4.55. The van der Waals surface area contributed by atoms with Crippen molar-refractivity contribution in [3.8, 4) is 0 Å². The number of hydrogen-bond donors (Lipinski definition) is 3. The van der Waals surface area contributed by atoms with E-state index in [1.807, 2.05) is 12.2 Å². The average molecular weight is 254 g/mol. The summed E-state index contributed by atoms with van der Waals surface area (Å²) in [4.78, 5) is 0. The Hall–Kier alpha value is -0.655. The van der Waals surface area contributed by atoms with Gasteiger partial charge in [-0.25, -0.2) is 0 Å². The SMILES string of the molecule is C=C/C=C\C(OCCCN)[C@@H]1CC(CN)OB1O. The van der Waals surface area contributed by atoms with E-state index in [9.17, 15) is 5.02 Å². The maximum Gasteiger partial charge on any atom is 0.460 e. The zero-order valence-corrected chi connectivity index (χ0v) is 10.7. The fourth-order valence-corrected chi connectivity index (χ4v) is 2.03. The van der Waals surface area contributed by atoms with Crippen LogP contribution in [0.2, 0.25) is 5.82 Å². The summed E-state index contributed by atoms with van der Waals surface area (Å²) in [6, 6.07) is 0. The van der Waals surface area contributed by atoms with E-state index in [0.717, 1.165) is 6.42 Å². The fourth-order valence-electron chi connectivity index (χ4n) is 2.03. The molecule has 0 aromatic carbocycles. The zero-order chi connectivity index (χ0) is 13.4. The van der Waals surface area contributed by atoms with Crippen LogP contribution < -0.4 is 11.5 Å². The molecule has 1 rings (SSSR count). The smallest absolute Gasteiger partial charge is 0.427 e. The van der Waals surface area contributed by atoms with Crippen molar-refractivity contribution in [1.82, 2.24) is 0 Å². The Morgan fingerprint density at radius 3 is 2.89 bits per heavy atom. The largest absolute Gasteiger partial charge is 0.460 e. The first kappa shape index (κ1) is 15.4. The van der Waals surface area contributed by atoms with E-state index in [4.69, 9.17) is 20.9 Å². The van der Waals surface area contributed by atoms with Crippen LogP contribution in [0.5, 0.6) is 0 Å². The molecule has 0 radical (unpaired) electrons. The molecular weight excluding hydrogens is 231 g/mol. The molecule has 1 saturated heterocycles. The third-order valence-electron chi connectivity index (χ3n) is 3.01. The average Bonchev–Trinajstić information content (AvgIpc) is 2.75. The Bertz CT molecular complexity index is 276. The van der Waals surface area contributed by atoms with Gasteiger partial charge in [0.1, 0.15) is 0 Å². The van der Waals surface area contributed by atoms with Gasteiger partial charge in [-0.2, -0.15) is 0 Å². The summed E-state index contributed by atoms with van der Waals surface area (Å²) in [6.45, 7) is 5.20. The van der Waals surface area contributed by atoms with Crippen molar-refractivity contribution in [3.05, 3.63) is 24.8 Å². The lowest BCUT2D eigenvalue weighted by Gasteiger charge is -2.20. The Morgan fingerprint density at radius 1 is 1.56 bits per heavy atom. The lowest BCUT2D eigenvalue weighted by molar-refractivity contribution is 0.0759. The number of nitrogens with two attached hydrogens (primary N) is 2. The Kier molecular flexibility index (Phi) is 7.23. The molecule has 5 N–H and O–H groups in total. The molecule has 0 saturated carbocycles. The maximum absolute atomic E-state index is 9.87. The minimum atomic E-state index is -0.823. The zero-order valence-electron chi connectivity index (χ0n) is 10.7. The molecule has 0 bridgehead atoms. The van der Waals surface area contributed by atoms with E-state index in [2.05, 4.69) is 6.58 Å². The van der Waals surface area contributed by atoms with Crippen LogP contribution >= 0.6 is 0 Å². The van der Waals surface area contributed by atoms with Crippen molar-refractivity contribution in [2.75, 3.05) is 19.7 Å². The van der Waals surface area contributed by atoms with Crippen molar-refractivity contribution in [1.29, 1.82) is 0 Å². The predicted molar refractivity (Wildman–Crippen MR) is 73.0 cm³/mol. The maximum atomic E-state index is 9.87. The number of allylic oxidation sites excluding steroid dienone is 2. The highest BCUT2D eigenvalue weighted by molar-refractivity contribution is 6.46. The van der Waals surface area contributed by atoms with Crippen molar-refractivity contribution in [2.24, 2.45) is 11.5 Å². The van der Waals surface area contributed by atoms with Crippen LogP contribution in [-0.2, 0) is 9.39 Å². The summed E-state index contributed by atoms with van der Waals surface area (Å²) >= 11 is 0. The van der Waals surface area contributed by atoms with E-state index >= 15 is 0 Å². The minimum absolute atomic E-state index is 0.0903. The summed E-state index contributed by atoms with van der Waals surface area (Å²) in [6.07, 6.45) is 6.59. The second-order valence-electron chi connectivity index (χ2n) is 4.38. The molecule has 1 heterocycles. The number of ether oxygens (including phenoxy) is 1. The molecule has 1 aliphatic rings. The van der Waals surface area contributed by atoms with E-state index in [0.29, 0.717) is 26.1 Å². The molecule has 2 unspecified atom stereocenters. The summed E-state index contributed by atoms with van der Waals surface area (Å²) in [7, 11) is -0.823. The standard InChI is InChI=1S/C12H23BN2O3/c1-2-3-5-12(17-7-4-6-14)11-8-10(9-15)18-13(11)16/h2-3,5,10-12,16H,1,4,6-9,14-15H2/b5-3-/t10?,11-,12?/m0/s1. The van der Waals surface area contributed by atoms with Gasteiger partial charge in [-0.3, -0.25) is 0 Å². The van der Waals surface area contributed by atoms with Crippen molar-refractivity contribution in [2.45, 2.75) is 30.9 Å². The molecule has 0 aromatic heterocycles. The van der Waals surface area contributed by atoms with Gasteiger partial charge in [0.15, 0.2) is 0 Å². The normalized spacial score (nSPS) is 25.8. The molecule has 0 aromatic rings. The van der Waals surface area contributed by atoms with Crippen molar-refractivity contribution < 1.29 is 14.4 Å². The molecule has 5 nitrogen and oxygen atoms in total. The van der Waals surface area contributed by atoms with Crippen LogP contribution in [0, 0.1) is 0 Å². The highest BCUT2D eigenvalue weighted by Crippen LogP contribution is 2.32. The minimum Gasteiger partial charge on any atom is -0.427 e. The van der Waals surface area contributed by atoms with Crippen LogP contribution in [0.25, 0.3) is 0 Å². The predicted octanol–water partition coefficient (Wildman–Crippen LogP) is 0.0609.